The van der Waals surface area contributed by atoms with Crippen molar-refractivity contribution in [2.45, 2.75) is 50.3 Å². The van der Waals surface area contributed by atoms with Gasteiger partial charge in [0.25, 0.3) is 0 Å². The Bertz CT molecular complexity index is 547. The van der Waals surface area contributed by atoms with Crippen molar-refractivity contribution in [1.29, 1.82) is 0 Å². The third-order valence-corrected chi connectivity index (χ3v) is 4.38. The third kappa shape index (κ3) is 2.91. The molecular formula is C17H22O6. The molecule has 0 radical (unpaired) electrons. The highest BCUT2D eigenvalue weighted by Crippen LogP contribution is 2.45. The Morgan fingerprint density at radius 3 is 2.83 bits per heavy atom. The number of benzene rings is 1. The van der Waals surface area contributed by atoms with Crippen LogP contribution in [0.2, 0.25) is 0 Å². The van der Waals surface area contributed by atoms with E-state index in [-0.39, 0.29) is 31.7 Å². The van der Waals surface area contributed by atoms with E-state index in [2.05, 4.69) is 0 Å². The molecule has 0 amide bonds. The molecule has 1 aromatic carbocycles. The molecule has 3 aliphatic rings. The Morgan fingerprint density at radius 2 is 2.00 bits per heavy atom. The topological polar surface area (TPSA) is 55.4 Å². The van der Waals surface area contributed by atoms with Crippen LogP contribution in [0.1, 0.15) is 19.4 Å². The van der Waals surface area contributed by atoms with Gasteiger partial charge in [0.15, 0.2) is 5.79 Å². The van der Waals surface area contributed by atoms with E-state index in [0.29, 0.717) is 13.2 Å². The fraction of sp³-hybridized carbons (Fsp3) is 0.647. The Morgan fingerprint density at radius 1 is 1.17 bits per heavy atom. The fourth-order valence-electron chi connectivity index (χ4n) is 3.42. The number of hydrogen-bond acceptors (Lipinski definition) is 6. The van der Waals surface area contributed by atoms with Gasteiger partial charge in [0.2, 0.25) is 5.79 Å². The summed E-state index contributed by atoms with van der Waals surface area (Å²) in [6, 6.07) is 10.0. The molecule has 3 saturated heterocycles. The van der Waals surface area contributed by atoms with Gasteiger partial charge in [-0.2, -0.15) is 0 Å². The lowest BCUT2D eigenvalue weighted by Gasteiger charge is -2.40. The molecule has 0 aliphatic carbocycles. The van der Waals surface area contributed by atoms with Crippen LogP contribution in [0.15, 0.2) is 30.3 Å². The van der Waals surface area contributed by atoms with Crippen LogP contribution in [0.4, 0.5) is 0 Å². The van der Waals surface area contributed by atoms with Gasteiger partial charge in [0, 0.05) is 0 Å². The first kappa shape index (κ1) is 15.5. The number of hydrogen-bond donors (Lipinski definition) is 0. The summed E-state index contributed by atoms with van der Waals surface area (Å²) >= 11 is 0. The smallest absolute Gasteiger partial charge is 0.224 e. The van der Waals surface area contributed by atoms with Crippen LogP contribution >= 0.6 is 0 Å². The SMILES string of the molecule is CC1(C)O[C@H]2[C@@H]3OCO[C@@H]3CO[C@@]2(COCc2ccccc2)O1. The predicted molar refractivity (Wildman–Crippen MR) is 79.4 cm³/mol. The van der Waals surface area contributed by atoms with E-state index in [4.69, 9.17) is 28.4 Å². The molecule has 23 heavy (non-hydrogen) atoms. The van der Waals surface area contributed by atoms with Gasteiger partial charge in [-0.05, 0) is 19.4 Å². The molecule has 0 N–H and O–H groups in total. The summed E-state index contributed by atoms with van der Waals surface area (Å²) in [6.45, 7) is 5.20. The fourth-order valence-corrected chi connectivity index (χ4v) is 3.42. The van der Waals surface area contributed by atoms with Gasteiger partial charge in [-0.1, -0.05) is 30.3 Å². The van der Waals surface area contributed by atoms with Crippen molar-refractivity contribution in [2.24, 2.45) is 0 Å². The van der Waals surface area contributed by atoms with Crippen molar-refractivity contribution in [3.63, 3.8) is 0 Å². The molecule has 126 valence electrons. The molecule has 0 spiro atoms. The largest absolute Gasteiger partial charge is 0.371 e. The zero-order valence-electron chi connectivity index (χ0n) is 13.4. The normalized spacial score (nSPS) is 38.3. The van der Waals surface area contributed by atoms with Crippen molar-refractivity contribution < 1.29 is 28.4 Å². The molecule has 4 atom stereocenters. The Kier molecular flexibility index (Phi) is 3.91. The second kappa shape index (κ2) is 5.81. The predicted octanol–water partition coefficient (Wildman–Crippen LogP) is 1.82. The maximum atomic E-state index is 6.08. The van der Waals surface area contributed by atoms with E-state index in [1.165, 1.54) is 0 Å². The van der Waals surface area contributed by atoms with E-state index >= 15 is 0 Å². The summed E-state index contributed by atoms with van der Waals surface area (Å²) in [5.41, 5.74) is 1.10. The minimum atomic E-state index is -0.951. The van der Waals surface area contributed by atoms with Crippen molar-refractivity contribution in [3.8, 4) is 0 Å². The average Bonchev–Trinajstić information content (AvgIpc) is 3.09. The quantitative estimate of drug-likeness (QED) is 0.843. The van der Waals surface area contributed by atoms with Gasteiger partial charge in [0.05, 0.1) is 13.2 Å². The second-order valence-electron chi connectivity index (χ2n) is 6.60. The summed E-state index contributed by atoms with van der Waals surface area (Å²) < 4.78 is 35.2. The summed E-state index contributed by atoms with van der Waals surface area (Å²) in [7, 11) is 0. The van der Waals surface area contributed by atoms with Crippen LogP contribution in [0.25, 0.3) is 0 Å². The van der Waals surface area contributed by atoms with Gasteiger partial charge in [-0.25, -0.2) is 0 Å². The third-order valence-electron chi connectivity index (χ3n) is 4.38. The van der Waals surface area contributed by atoms with Gasteiger partial charge in [0.1, 0.15) is 31.7 Å². The molecule has 0 unspecified atom stereocenters. The number of rotatable bonds is 4. The van der Waals surface area contributed by atoms with Crippen LogP contribution in [0, 0.1) is 0 Å². The minimum Gasteiger partial charge on any atom is -0.371 e. The van der Waals surface area contributed by atoms with E-state index in [0.717, 1.165) is 5.56 Å². The van der Waals surface area contributed by atoms with Crippen molar-refractivity contribution in [3.05, 3.63) is 35.9 Å². The first-order chi connectivity index (χ1) is 11.1. The van der Waals surface area contributed by atoms with Gasteiger partial charge in [-0.15, -0.1) is 0 Å². The summed E-state index contributed by atoms with van der Waals surface area (Å²) in [6.07, 6.45) is -0.667. The van der Waals surface area contributed by atoms with E-state index in [1.807, 2.05) is 44.2 Å². The molecule has 0 aromatic heterocycles. The maximum absolute atomic E-state index is 6.08. The van der Waals surface area contributed by atoms with Crippen LogP contribution in [0.5, 0.6) is 0 Å². The molecule has 3 heterocycles. The lowest BCUT2D eigenvalue weighted by atomic mass is 9.97. The monoisotopic (exact) mass is 322 g/mol. The van der Waals surface area contributed by atoms with Crippen molar-refractivity contribution in [2.75, 3.05) is 20.0 Å². The average molecular weight is 322 g/mol. The maximum Gasteiger partial charge on any atom is 0.224 e. The standard InChI is InChI=1S/C17H22O6/c1-16(2)22-15-14-13(19-11-20-14)9-21-17(15,23-16)10-18-8-12-6-4-3-5-7-12/h3-7,13-15H,8-11H2,1-2H3/t13-,14-,15+,17+/m1/s1. The number of ether oxygens (including phenoxy) is 6. The van der Waals surface area contributed by atoms with E-state index < -0.39 is 11.6 Å². The van der Waals surface area contributed by atoms with E-state index in [9.17, 15) is 0 Å². The summed E-state index contributed by atoms with van der Waals surface area (Å²) in [5, 5.41) is 0. The summed E-state index contributed by atoms with van der Waals surface area (Å²) in [5.74, 6) is -1.70. The second-order valence-corrected chi connectivity index (χ2v) is 6.60. The van der Waals surface area contributed by atoms with Crippen molar-refractivity contribution >= 4 is 0 Å². The van der Waals surface area contributed by atoms with Gasteiger partial charge < -0.3 is 28.4 Å². The number of fused-ring (bicyclic) bond motifs is 3. The molecule has 6 nitrogen and oxygen atoms in total. The molecule has 0 bridgehead atoms. The van der Waals surface area contributed by atoms with Gasteiger partial charge >= 0.3 is 0 Å². The molecule has 4 rings (SSSR count). The van der Waals surface area contributed by atoms with Gasteiger partial charge in [-0.3, -0.25) is 0 Å². The highest BCUT2D eigenvalue weighted by atomic mass is 16.9. The first-order valence-electron chi connectivity index (χ1n) is 7.95. The Hall–Kier alpha value is -1.02. The first-order valence-corrected chi connectivity index (χ1v) is 7.95. The molecule has 1 aromatic rings. The molecule has 0 saturated carbocycles. The Balaban J connectivity index is 1.47. The zero-order valence-corrected chi connectivity index (χ0v) is 13.4. The van der Waals surface area contributed by atoms with Crippen LogP contribution in [-0.2, 0) is 35.0 Å². The minimum absolute atomic E-state index is 0.111. The van der Waals surface area contributed by atoms with Crippen LogP contribution < -0.4 is 0 Å². The zero-order chi connectivity index (χ0) is 15.9. The lowest BCUT2D eigenvalue weighted by molar-refractivity contribution is -0.300. The van der Waals surface area contributed by atoms with Crippen LogP contribution in [-0.4, -0.2) is 49.9 Å². The Labute approximate surface area is 135 Å². The molecular weight excluding hydrogens is 300 g/mol. The van der Waals surface area contributed by atoms with Crippen molar-refractivity contribution in [1.82, 2.24) is 0 Å². The molecule has 3 aliphatic heterocycles. The summed E-state index contributed by atoms with van der Waals surface area (Å²) in [4.78, 5) is 0. The van der Waals surface area contributed by atoms with Crippen LogP contribution in [0.3, 0.4) is 0 Å². The highest BCUT2D eigenvalue weighted by Gasteiger charge is 2.63. The molecule has 6 heteroatoms. The molecule has 3 fully saturated rings. The lowest BCUT2D eigenvalue weighted by Crippen LogP contribution is -2.60. The van der Waals surface area contributed by atoms with E-state index in [1.54, 1.807) is 0 Å². The highest BCUT2D eigenvalue weighted by molar-refractivity contribution is 5.13.